The van der Waals surface area contributed by atoms with Gasteiger partial charge in [0.05, 0.1) is 37.0 Å². The first-order valence-electron chi connectivity index (χ1n) is 12.5. The molecule has 0 unspecified atom stereocenters. The Bertz CT molecular complexity index is 1680. The molecule has 0 aliphatic carbocycles. The standard InChI is InChI=1S/C28H25ClN4O6S/c1-37-19-8-10-20(11-9-19)40(35,36)33-23-12-7-18(29)17-22(23)28(27(33)34,21-5-3-13-30-25(21)38-2)32-15-4-6-24(32)26-31-14-16-39-26/h3,5,7-14,16-17,24H,4,6,15H2,1-2H3/t24-,28-/m0/s1. The Morgan fingerprint density at radius 2 is 1.82 bits per heavy atom. The van der Waals surface area contributed by atoms with Gasteiger partial charge in [0.1, 0.15) is 12.0 Å². The van der Waals surface area contributed by atoms with Crippen LogP contribution in [-0.2, 0) is 20.4 Å². The summed E-state index contributed by atoms with van der Waals surface area (Å²) in [5.74, 6) is 0.389. The molecule has 4 aromatic rings. The van der Waals surface area contributed by atoms with Gasteiger partial charge in [0.2, 0.25) is 11.8 Å². The molecule has 0 N–H and O–H groups in total. The summed E-state index contributed by atoms with van der Waals surface area (Å²) in [6.07, 6.45) is 5.93. The van der Waals surface area contributed by atoms with E-state index in [1.165, 1.54) is 44.7 Å². The predicted molar refractivity (Wildman–Crippen MR) is 146 cm³/mol. The van der Waals surface area contributed by atoms with Crippen LogP contribution >= 0.6 is 11.6 Å². The first-order valence-corrected chi connectivity index (χ1v) is 14.3. The van der Waals surface area contributed by atoms with Crippen molar-refractivity contribution < 1.29 is 27.1 Å². The Labute approximate surface area is 236 Å². The van der Waals surface area contributed by atoms with Crippen molar-refractivity contribution in [3.63, 3.8) is 0 Å². The van der Waals surface area contributed by atoms with Gasteiger partial charge < -0.3 is 13.9 Å². The second kappa shape index (κ2) is 9.92. The molecule has 0 bridgehead atoms. The molecule has 2 aliphatic rings. The van der Waals surface area contributed by atoms with E-state index in [1.807, 2.05) is 4.90 Å². The number of aromatic nitrogens is 2. The van der Waals surface area contributed by atoms with Crippen LogP contribution < -0.4 is 13.8 Å². The Hall–Kier alpha value is -3.93. The second-order valence-electron chi connectivity index (χ2n) is 9.40. The molecule has 10 nitrogen and oxygen atoms in total. The first-order chi connectivity index (χ1) is 19.3. The van der Waals surface area contributed by atoms with Crippen LogP contribution in [0.2, 0.25) is 5.02 Å². The van der Waals surface area contributed by atoms with E-state index in [-0.39, 0.29) is 16.5 Å². The molecule has 6 rings (SSSR count). The zero-order chi connectivity index (χ0) is 28.1. The number of pyridine rings is 1. The number of halogens is 1. The molecular weight excluding hydrogens is 556 g/mol. The van der Waals surface area contributed by atoms with E-state index in [2.05, 4.69) is 9.97 Å². The van der Waals surface area contributed by atoms with E-state index in [0.717, 1.165) is 4.31 Å². The number of carbonyl (C=O) groups is 1. The molecule has 2 atom stereocenters. The lowest BCUT2D eigenvalue weighted by Crippen LogP contribution is -2.54. The third kappa shape index (κ3) is 3.80. The minimum atomic E-state index is -4.38. The van der Waals surface area contributed by atoms with Gasteiger partial charge in [0, 0.05) is 28.9 Å². The number of sulfonamides is 1. The minimum Gasteiger partial charge on any atom is -0.497 e. The predicted octanol–water partition coefficient (Wildman–Crippen LogP) is 4.56. The number of hydrogen-bond acceptors (Lipinski definition) is 9. The molecule has 2 aliphatic heterocycles. The smallest absolute Gasteiger partial charge is 0.271 e. The largest absolute Gasteiger partial charge is 0.497 e. The summed E-state index contributed by atoms with van der Waals surface area (Å²) in [6.45, 7) is 0.444. The van der Waals surface area contributed by atoms with Crippen molar-refractivity contribution in [2.45, 2.75) is 29.3 Å². The van der Waals surface area contributed by atoms with Gasteiger partial charge in [-0.2, -0.15) is 0 Å². The lowest BCUT2D eigenvalue weighted by atomic mass is 9.81. The van der Waals surface area contributed by atoms with Crippen LogP contribution in [0.3, 0.4) is 0 Å². The number of rotatable bonds is 7. The summed E-state index contributed by atoms with van der Waals surface area (Å²) < 4.78 is 45.9. The Balaban J connectivity index is 1.65. The molecule has 40 heavy (non-hydrogen) atoms. The van der Waals surface area contributed by atoms with Crippen molar-refractivity contribution in [1.82, 2.24) is 14.9 Å². The normalized spacial score (nSPS) is 21.0. The zero-order valence-electron chi connectivity index (χ0n) is 21.7. The molecule has 1 fully saturated rings. The maximum atomic E-state index is 15.0. The summed E-state index contributed by atoms with van der Waals surface area (Å²) in [5.41, 5.74) is -0.701. The van der Waals surface area contributed by atoms with Crippen molar-refractivity contribution in [2.75, 3.05) is 25.1 Å². The van der Waals surface area contributed by atoms with Crippen molar-refractivity contribution in [1.29, 1.82) is 0 Å². The van der Waals surface area contributed by atoms with E-state index in [0.29, 0.717) is 47.2 Å². The van der Waals surface area contributed by atoms with E-state index in [9.17, 15) is 8.42 Å². The second-order valence-corrected chi connectivity index (χ2v) is 11.6. The highest BCUT2D eigenvalue weighted by atomic mass is 35.5. The van der Waals surface area contributed by atoms with Crippen LogP contribution in [0.1, 0.15) is 35.9 Å². The van der Waals surface area contributed by atoms with Gasteiger partial charge in [-0.3, -0.25) is 9.69 Å². The number of oxazole rings is 1. The van der Waals surface area contributed by atoms with Gasteiger partial charge in [-0.25, -0.2) is 22.7 Å². The molecule has 0 radical (unpaired) electrons. The molecule has 0 spiro atoms. The SMILES string of the molecule is COc1ccc(S(=O)(=O)N2C(=O)[C@@](c3cccnc3OC)(N3CCC[C@H]3c3ncco3)c3cc(Cl)ccc32)cc1. The van der Waals surface area contributed by atoms with E-state index < -0.39 is 27.5 Å². The summed E-state index contributed by atoms with van der Waals surface area (Å²) in [6, 6.07) is 13.6. The molecule has 1 saturated heterocycles. The van der Waals surface area contributed by atoms with Crippen molar-refractivity contribution in [3.05, 3.63) is 95.3 Å². The number of methoxy groups -OCH3 is 2. The number of hydrogen-bond donors (Lipinski definition) is 0. The van der Waals surface area contributed by atoms with Crippen LogP contribution in [0.5, 0.6) is 11.6 Å². The Kier molecular flexibility index (Phi) is 6.52. The molecular formula is C28H25ClN4O6S. The Morgan fingerprint density at radius 3 is 2.52 bits per heavy atom. The Morgan fingerprint density at radius 1 is 1.02 bits per heavy atom. The fourth-order valence-corrected chi connectivity index (χ4v) is 7.42. The number of carbonyl (C=O) groups excluding carboxylic acids is 1. The van der Waals surface area contributed by atoms with Crippen LogP contribution in [0.15, 0.2) is 82.6 Å². The van der Waals surface area contributed by atoms with Gasteiger partial charge in [0.25, 0.3) is 15.9 Å². The van der Waals surface area contributed by atoms with E-state index >= 15 is 4.79 Å². The van der Waals surface area contributed by atoms with Crippen molar-refractivity contribution >= 4 is 33.2 Å². The minimum absolute atomic E-state index is 0.0674. The van der Waals surface area contributed by atoms with Crippen LogP contribution in [0, 0.1) is 0 Å². The first kappa shape index (κ1) is 26.3. The van der Waals surface area contributed by atoms with E-state index in [1.54, 1.807) is 42.7 Å². The summed E-state index contributed by atoms with van der Waals surface area (Å²) in [7, 11) is -1.43. The number of likely N-dealkylation sites (tertiary alicyclic amines) is 1. The number of anilines is 1. The van der Waals surface area contributed by atoms with Crippen LogP contribution in [-0.4, -0.2) is 50.0 Å². The fraction of sp³-hybridized carbons (Fsp3) is 0.250. The van der Waals surface area contributed by atoms with Gasteiger partial charge in [-0.05, 0) is 67.4 Å². The monoisotopic (exact) mass is 580 g/mol. The highest BCUT2D eigenvalue weighted by Gasteiger charge is 2.63. The lowest BCUT2D eigenvalue weighted by molar-refractivity contribution is -0.127. The summed E-state index contributed by atoms with van der Waals surface area (Å²) >= 11 is 6.53. The van der Waals surface area contributed by atoms with Gasteiger partial charge in [0.15, 0.2) is 5.54 Å². The van der Waals surface area contributed by atoms with Crippen LogP contribution in [0.25, 0.3) is 0 Å². The maximum Gasteiger partial charge on any atom is 0.271 e. The molecule has 12 heteroatoms. The van der Waals surface area contributed by atoms with Crippen molar-refractivity contribution in [3.8, 4) is 11.6 Å². The molecule has 1 amide bonds. The molecule has 206 valence electrons. The number of nitrogens with zero attached hydrogens (tertiary/aromatic N) is 4. The molecule has 0 saturated carbocycles. The number of fused-ring (bicyclic) bond motifs is 1. The quantitative estimate of drug-likeness (QED) is 0.310. The molecule has 2 aromatic heterocycles. The molecule has 2 aromatic carbocycles. The third-order valence-corrected chi connectivity index (χ3v) is 9.38. The number of ether oxygens (including phenoxy) is 2. The highest BCUT2D eigenvalue weighted by molar-refractivity contribution is 7.93. The van der Waals surface area contributed by atoms with Gasteiger partial charge in [-0.15, -0.1) is 0 Å². The van der Waals surface area contributed by atoms with Crippen LogP contribution in [0.4, 0.5) is 5.69 Å². The lowest BCUT2D eigenvalue weighted by Gasteiger charge is -2.40. The van der Waals surface area contributed by atoms with E-state index in [4.69, 9.17) is 25.5 Å². The summed E-state index contributed by atoms with van der Waals surface area (Å²) in [4.78, 5) is 25.6. The summed E-state index contributed by atoms with van der Waals surface area (Å²) in [5, 5.41) is 0.342. The van der Waals surface area contributed by atoms with Gasteiger partial charge in [-0.1, -0.05) is 11.6 Å². The zero-order valence-corrected chi connectivity index (χ0v) is 23.2. The maximum absolute atomic E-state index is 15.0. The average molecular weight is 581 g/mol. The molecule has 4 heterocycles. The topological polar surface area (TPSA) is 115 Å². The third-order valence-electron chi connectivity index (χ3n) is 7.43. The fourth-order valence-electron chi connectivity index (χ4n) is 5.78. The van der Waals surface area contributed by atoms with Gasteiger partial charge >= 0.3 is 0 Å². The highest BCUT2D eigenvalue weighted by Crippen LogP contribution is 2.56. The number of benzene rings is 2. The van der Waals surface area contributed by atoms with Crippen molar-refractivity contribution in [2.24, 2.45) is 0 Å². The average Bonchev–Trinajstić information content (AvgIpc) is 3.72. The number of amides is 1.